The summed E-state index contributed by atoms with van der Waals surface area (Å²) in [4.78, 5) is 7.69. The second-order valence-electron chi connectivity index (χ2n) is 4.19. The fourth-order valence-corrected chi connectivity index (χ4v) is 2.30. The Morgan fingerprint density at radius 1 is 1.39 bits per heavy atom. The molecule has 2 aromatic rings. The number of nitrogens with one attached hydrogen (secondary N) is 1. The van der Waals surface area contributed by atoms with E-state index < -0.39 is 9.84 Å². The van der Waals surface area contributed by atoms with Gasteiger partial charge < -0.3 is 9.72 Å². The van der Waals surface area contributed by atoms with E-state index in [1.54, 1.807) is 18.2 Å². The number of H-pyrrole nitrogens is 1. The number of benzene rings is 1. The maximum absolute atomic E-state index is 11.4. The second-order valence-corrected chi connectivity index (χ2v) is 6.20. The molecule has 0 radical (unpaired) electrons. The van der Waals surface area contributed by atoms with E-state index in [0.29, 0.717) is 29.5 Å². The number of aromatic nitrogens is 2. The summed E-state index contributed by atoms with van der Waals surface area (Å²) in [5.74, 6) is 0.712. The molecule has 1 aromatic heterocycles. The van der Waals surface area contributed by atoms with Crippen molar-refractivity contribution < 1.29 is 13.2 Å². The molecular weight excluding hydrogens is 252 g/mol. The maximum Gasteiger partial charge on any atom is 0.175 e. The Morgan fingerprint density at radius 2 is 2.17 bits per heavy atom. The highest BCUT2D eigenvalue weighted by atomic mass is 32.2. The molecule has 0 aliphatic rings. The van der Waals surface area contributed by atoms with Crippen LogP contribution in [0.25, 0.3) is 11.0 Å². The molecule has 0 atom stereocenters. The number of nitrogens with zero attached hydrogens (tertiary/aromatic N) is 1. The van der Waals surface area contributed by atoms with Crippen LogP contribution >= 0.6 is 0 Å². The molecule has 0 saturated carbocycles. The normalized spacial score (nSPS) is 12.1. The van der Waals surface area contributed by atoms with E-state index in [0.717, 1.165) is 11.9 Å². The average Bonchev–Trinajstić information content (AvgIpc) is 2.69. The number of aromatic amines is 1. The predicted octanol–water partition coefficient (Wildman–Crippen LogP) is 1.89. The van der Waals surface area contributed by atoms with E-state index in [1.165, 1.54) is 6.26 Å². The Labute approximate surface area is 106 Å². The fourth-order valence-electron chi connectivity index (χ4n) is 1.65. The molecule has 1 heterocycles. The lowest BCUT2D eigenvalue weighted by Gasteiger charge is -1.97. The molecule has 0 spiro atoms. The number of hydrogen-bond acceptors (Lipinski definition) is 4. The van der Waals surface area contributed by atoms with Gasteiger partial charge in [0.15, 0.2) is 9.84 Å². The van der Waals surface area contributed by atoms with Crippen molar-refractivity contribution in [2.75, 3.05) is 12.9 Å². The van der Waals surface area contributed by atoms with Gasteiger partial charge in [-0.05, 0) is 24.6 Å². The van der Waals surface area contributed by atoms with E-state index in [9.17, 15) is 8.42 Å². The molecule has 0 aliphatic carbocycles. The van der Waals surface area contributed by atoms with Gasteiger partial charge in [0, 0.05) is 12.9 Å². The third-order valence-electron chi connectivity index (χ3n) is 2.52. The summed E-state index contributed by atoms with van der Waals surface area (Å²) in [6.07, 6.45) is 2.15. The van der Waals surface area contributed by atoms with Gasteiger partial charge >= 0.3 is 0 Å². The van der Waals surface area contributed by atoms with Gasteiger partial charge in [-0.1, -0.05) is 6.92 Å². The zero-order valence-corrected chi connectivity index (χ0v) is 11.3. The Bertz CT molecular complexity index is 646. The van der Waals surface area contributed by atoms with Crippen LogP contribution < -0.4 is 0 Å². The average molecular weight is 268 g/mol. The van der Waals surface area contributed by atoms with Crippen LogP contribution in [0.15, 0.2) is 23.1 Å². The van der Waals surface area contributed by atoms with E-state index in [2.05, 4.69) is 9.97 Å². The minimum atomic E-state index is -3.18. The summed E-state index contributed by atoms with van der Waals surface area (Å²) in [5, 5.41) is 0. The number of rotatable bonds is 5. The summed E-state index contributed by atoms with van der Waals surface area (Å²) in [6, 6.07) is 4.86. The van der Waals surface area contributed by atoms with Gasteiger partial charge in [0.05, 0.1) is 15.9 Å². The Balaban J connectivity index is 2.28. The topological polar surface area (TPSA) is 72.0 Å². The molecular formula is C12H16N2O3S. The molecule has 0 saturated heterocycles. The van der Waals surface area contributed by atoms with Crippen LogP contribution in [0.2, 0.25) is 0 Å². The molecule has 0 unspecified atom stereocenters. The minimum Gasteiger partial charge on any atom is -0.374 e. The van der Waals surface area contributed by atoms with E-state index in [4.69, 9.17) is 4.74 Å². The first-order valence-electron chi connectivity index (χ1n) is 5.77. The molecule has 5 nitrogen and oxygen atoms in total. The fraction of sp³-hybridized carbons (Fsp3) is 0.417. The van der Waals surface area contributed by atoms with E-state index in [1.807, 2.05) is 6.92 Å². The standard InChI is InChI=1S/C12H16N2O3S/c1-3-6-17-8-12-13-10-5-4-9(18(2,15)16)7-11(10)14-12/h4-5,7H,3,6,8H2,1-2H3,(H,13,14). The molecule has 6 heteroatoms. The third-order valence-corrected chi connectivity index (χ3v) is 3.63. The van der Waals surface area contributed by atoms with Crippen molar-refractivity contribution in [3.05, 3.63) is 24.0 Å². The Kier molecular flexibility index (Phi) is 3.68. The quantitative estimate of drug-likeness (QED) is 0.841. The highest BCUT2D eigenvalue weighted by molar-refractivity contribution is 7.90. The van der Waals surface area contributed by atoms with Crippen LogP contribution in [0.3, 0.4) is 0 Å². The van der Waals surface area contributed by atoms with Crippen molar-refractivity contribution in [2.45, 2.75) is 24.8 Å². The monoisotopic (exact) mass is 268 g/mol. The van der Waals surface area contributed by atoms with Gasteiger partial charge in [-0.3, -0.25) is 0 Å². The number of sulfone groups is 1. The van der Waals surface area contributed by atoms with Gasteiger partial charge in [0.1, 0.15) is 12.4 Å². The summed E-state index contributed by atoms with van der Waals surface area (Å²) >= 11 is 0. The van der Waals surface area contributed by atoms with E-state index in [-0.39, 0.29) is 0 Å². The van der Waals surface area contributed by atoms with Crippen LogP contribution in [0.1, 0.15) is 19.2 Å². The molecule has 0 amide bonds. The van der Waals surface area contributed by atoms with Gasteiger partial charge in [-0.2, -0.15) is 0 Å². The molecule has 18 heavy (non-hydrogen) atoms. The van der Waals surface area contributed by atoms with Crippen molar-refractivity contribution in [1.82, 2.24) is 9.97 Å². The van der Waals surface area contributed by atoms with Crippen LogP contribution in [-0.2, 0) is 21.2 Å². The van der Waals surface area contributed by atoms with Crippen LogP contribution in [0.4, 0.5) is 0 Å². The summed E-state index contributed by atoms with van der Waals surface area (Å²) in [6.45, 7) is 3.14. The molecule has 98 valence electrons. The zero-order valence-electron chi connectivity index (χ0n) is 10.4. The molecule has 1 aromatic carbocycles. The lowest BCUT2D eigenvalue weighted by Crippen LogP contribution is -1.96. The van der Waals surface area contributed by atoms with Gasteiger partial charge in [-0.15, -0.1) is 0 Å². The van der Waals surface area contributed by atoms with Crippen molar-refractivity contribution in [2.24, 2.45) is 0 Å². The number of hydrogen-bond donors (Lipinski definition) is 1. The first-order valence-corrected chi connectivity index (χ1v) is 7.66. The first-order chi connectivity index (χ1) is 8.50. The van der Waals surface area contributed by atoms with Gasteiger partial charge in [0.25, 0.3) is 0 Å². The van der Waals surface area contributed by atoms with Gasteiger partial charge in [0.2, 0.25) is 0 Å². The largest absolute Gasteiger partial charge is 0.374 e. The van der Waals surface area contributed by atoms with Crippen LogP contribution in [-0.4, -0.2) is 31.2 Å². The van der Waals surface area contributed by atoms with Crippen LogP contribution in [0, 0.1) is 0 Å². The third kappa shape index (κ3) is 2.88. The Morgan fingerprint density at radius 3 is 2.83 bits per heavy atom. The highest BCUT2D eigenvalue weighted by Gasteiger charge is 2.10. The zero-order chi connectivity index (χ0) is 13.2. The SMILES string of the molecule is CCCOCc1nc2ccc(S(C)(=O)=O)cc2[nH]1. The molecule has 0 aliphatic heterocycles. The number of fused-ring (bicyclic) bond motifs is 1. The second kappa shape index (κ2) is 5.07. The summed E-state index contributed by atoms with van der Waals surface area (Å²) in [5.41, 5.74) is 1.46. The first kappa shape index (κ1) is 13.0. The lowest BCUT2D eigenvalue weighted by molar-refractivity contribution is 0.117. The molecule has 2 rings (SSSR count). The van der Waals surface area contributed by atoms with Gasteiger partial charge in [-0.25, -0.2) is 13.4 Å². The van der Waals surface area contributed by atoms with Crippen LogP contribution in [0.5, 0.6) is 0 Å². The smallest absolute Gasteiger partial charge is 0.175 e. The number of imidazole rings is 1. The van der Waals surface area contributed by atoms with Crippen molar-refractivity contribution in [1.29, 1.82) is 0 Å². The molecule has 0 fully saturated rings. The number of ether oxygens (including phenoxy) is 1. The predicted molar refractivity (Wildman–Crippen MR) is 69.2 cm³/mol. The molecule has 1 N–H and O–H groups in total. The minimum absolute atomic E-state index is 0.291. The van der Waals surface area contributed by atoms with Crippen molar-refractivity contribution in [3.63, 3.8) is 0 Å². The molecule has 0 bridgehead atoms. The summed E-state index contributed by atoms with van der Waals surface area (Å²) < 4.78 is 28.3. The lowest BCUT2D eigenvalue weighted by atomic mass is 10.3. The Hall–Kier alpha value is -1.40. The van der Waals surface area contributed by atoms with Crippen molar-refractivity contribution >= 4 is 20.9 Å². The summed E-state index contributed by atoms with van der Waals surface area (Å²) in [7, 11) is -3.18. The van der Waals surface area contributed by atoms with Crippen molar-refractivity contribution in [3.8, 4) is 0 Å². The highest BCUT2D eigenvalue weighted by Crippen LogP contribution is 2.17. The van der Waals surface area contributed by atoms with E-state index >= 15 is 0 Å². The maximum atomic E-state index is 11.4.